The molecule has 152 valence electrons. The molecule has 0 aliphatic carbocycles. The van der Waals surface area contributed by atoms with Crippen molar-refractivity contribution in [3.8, 4) is 0 Å². The van der Waals surface area contributed by atoms with Crippen LogP contribution in [0.3, 0.4) is 0 Å². The van der Waals surface area contributed by atoms with E-state index in [1.807, 2.05) is 13.0 Å². The molecule has 2 aromatic carbocycles. The second-order valence-electron chi connectivity index (χ2n) is 6.35. The van der Waals surface area contributed by atoms with Gasteiger partial charge in [-0.3, -0.25) is 14.2 Å². The first kappa shape index (κ1) is 21.6. The second-order valence-corrected chi connectivity index (χ2v) is 8.14. The van der Waals surface area contributed by atoms with Crippen LogP contribution in [0.15, 0.2) is 52.4 Å². The molecule has 1 amide bonds. The molecule has 6 nitrogen and oxygen atoms in total. The van der Waals surface area contributed by atoms with Crippen LogP contribution in [0.1, 0.15) is 13.0 Å². The maximum Gasteiger partial charge on any atom is 0.262 e. The maximum atomic E-state index is 13.0. The highest BCUT2D eigenvalue weighted by molar-refractivity contribution is 7.99. The molecule has 0 aliphatic rings. The van der Waals surface area contributed by atoms with Crippen molar-refractivity contribution in [2.24, 2.45) is 0 Å². The largest absolute Gasteiger partial charge is 0.383 e. The number of rotatable bonds is 7. The molecule has 1 atom stereocenters. The Labute approximate surface area is 182 Å². The van der Waals surface area contributed by atoms with Gasteiger partial charge in [-0.15, -0.1) is 0 Å². The Hall–Kier alpha value is -2.06. The summed E-state index contributed by atoms with van der Waals surface area (Å²) in [6.45, 7) is 2.22. The number of methoxy groups -OCH3 is 1. The summed E-state index contributed by atoms with van der Waals surface area (Å²) in [5.41, 5.74) is 0.849. The number of thioether (sulfide) groups is 1. The van der Waals surface area contributed by atoms with Crippen LogP contribution in [0.5, 0.6) is 0 Å². The Morgan fingerprint density at radius 2 is 2.03 bits per heavy atom. The molecule has 0 bridgehead atoms. The number of nitrogens with one attached hydrogen (secondary N) is 1. The number of fused-ring (bicyclic) bond motifs is 1. The normalized spacial score (nSPS) is 12.1. The van der Waals surface area contributed by atoms with E-state index >= 15 is 0 Å². The van der Waals surface area contributed by atoms with Gasteiger partial charge in [0.05, 0.1) is 40.0 Å². The average Bonchev–Trinajstić information content (AvgIpc) is 2.69. The molecular formula is C20H19Cl2N3O3S. The Morgan fingerprint density at radius 3 is 2.79 bits per heavy atom. The molecule has 0 saturated heterocycles. The molecule has 3 rings (SSSR count). The van der Waals surface area contributed by atoms with Gasteiger partial charge in [-0.1, -0.05) is 47.1 Å². The van der Waals surface area contributed by atoms with Crippen molar-refractivity contribution >= 4 is 57.5 Å². The molecule has 0 saturated carbocycles. The average molecular weight is 452 g/mol. The third-order valence-corrected chi connectivity index (χ3v) is 5.68. The standard InChI is InChI=1S/C20H19Cl2N3O3S/c1-12(10-28-2)25-19(27)14-5-3-4-6-16(14)24-20(25)29-11-18(26)23-17-9-13(21)7-8-15(17)22/h3-9,12H,10-11H2,1-2H3,(H,23,26)/t12-/m0/s1. The first-order valence-electron chi connectivity index (χ1n) is 8.78. The number of hydrogen-bond acceptors (Lipinski definition) is 5. The Bertz CT molecular complexity index is 1100. The Balaban J connectivity index is 1.86. The number of ether oxygens (including phenoxy) is 1. The number of carbonyl (C=O) groups is 1. The zero-order valence-corrected chi connectivity index (χ0v) is 18.1. The van der Waals surface area contributed by atoms with Gasteiger partial charge in [-0.25, -0.2) is 4.98 Å². The number of para-hydroxylation sites is 1. The van der Waals surface area contributed by atoms with Crippen molar-refractivity contribution in [1.82, 2.24) is 9.55 Å². The quantitative estimate of drug-likeness (QED) is 0.418. The summed E-state index contributed by atoms with van der Waals surface area (Å²) in [4.78, 5) is 30.0. The monoisotopic (exact) mass is 451 g/mol. The third-order valence-electron chi connectivity index (χ3n) is 4.16. The van der Waals surface area contributed by atoms with E-state index in [-0.39, 0.29) is 23.3 Å². The topological polar surface area (TPSA) is 73.2 Å². The lowest BCUT2D eigenvalue weighted by molar-refractivity contribution is -0.113. The number of halogens is 2. The fraction of sp³-hybridized carbons (Fsp3) is 0.250. The van der Waals surface area contributed by atoms with Gasteiger partial charge in [0.2, 0.25) is 5.91 Å². The molecule has 1 aromatic heterocycles. The Morgan fingerprint density at radius 1 is 1.28 bits per heavy atom. The van der Waals surface area contributed by atoms with Crippen LogP contribution in [0.2, 0.25) is 10.0 Å². The van der Waals surface area contributed by atoms with Gasteiger partial charge in [0.25, 0.3) is 5.56 Å². The summed E-state index contributed by atoms with van der Waals surface area (Å²) in [5.74, 6) is -0.236. The van der Waals surface area contributed by atoms with E-state index < -0.39 is 0 Å². The zero-order chi connectivity index (χ0) is 21.0. The maximum absolute atomic E-state index is 13.0. The first-order valence-corrected chi connectivity index (χ1v) is 10.5. The predicted molar refractivity (Wildman–Crippen MR) is 118 cm³/mol. The van der Waals surface area contributed by atoms with Gasteiger partial charge < -0.3 is 10.1 Å². The number of aromatic nitrogens is 2. The molecular weight excluding hydrogens is 433 g/mol. The highest BCUT2D eigenvalue weighted by atomic mass is 35.5. The van der Waals surface area contributed by atoms with Crippen LogP contribution in [0, 0.1) is 0 Å². The van der Waals surface area contributed by atoms with Crippen molar-refractivity contribution in [3.05, 3.63) is 62.9 Å². The first-order chi connectivity index (χ1) is 13.9. The minimum atomic E-state index is -0.285. The second kappa shape index (κ2) is 9.63. The summed E-state index contributed by atoms with van der Waals surface area (Å²) in [7, 11) is 1.57. The molecule has 0 radical (unpaired) electrons. The fourth-order valence-electron chi connectivity index (χ4n) is 2.84. The van der Waals surface area contributed by atoms with Crippen molar-refractivity contribution in [2.45, 2.75) is 18.1 Å². The van der Waals surface area contributed by atoms with Crippen LogP contribution in [-0.2, 0) is 9.53 Å². The van der Waals surface area contributed by atoms with E-state index in [1.165, 1.54) is 11.8 Å². The summed E-state index contributed by atoms with van der Waals surface area (Å²) in [6.07, 6.45) is 0. The molecule has 9 heteroatoms. The zero-order valence-electron chi connectivity index (χ0n) is 15.8. The van der Waals surface area contributed by atoms with Crippen LogP contribution in [0.4, 0.5) is 5.69 Å². The summed E-state index contributed by atoms with van der Waals surface area (Å²) in [5, 5.41) is 4.56. The van der Waals surface area contributed by atoms with E-state index in [2.05, 4.69) is 10.3 Å². The van der Waals surface area contributed by atoms with Crippen LogP contribution in [-0.4, -0.2) is 34.9 Å². The highest BCUT2D eigenvalue weighted by Gasteiger charge is 2.18. The molecule has 1 N–H and O–H groups in total. The number of amides is 1. The van der Waals surface area contributed by atoms with Gasteiger partial charge in [-0.05, 0) is 37.3 Å². The number of hydrogen-bond donors (Lipinski definition) is 1. The number of nitrogens with zero attached hydrogens (tertiary/aromatic N) is 2. The van der Waals surface area contributed by atoms with Crippen molar-refractivity contribution < 1.29 is 9.53 Å². The van der Waals surface area contributed by atoms with Gasteiger partial charge in [-0.2, -0.15) is 0 Å². The molecule has 1 heterocycles. The van der Waals surface area contributed by atoms with Crippen LogP contribution in [0.25, 0.3) is 10.9 Å². The Kier molecular flexibility index (Phi) is 7.18. The lowest BCUT2D eigenvalue weighted by Gasteiger charge is -2.18. The summed E-state index contributed by atoms with van der Waals surface area (Å²) >= 11 is 13.2. The third kappa shape index (κ3) is 5.11. The van der Waals surface area contributed by atoms with Gasteiger partial charge >= 0.3 is 0 Å². The predicted octanol–water partition coefficient (Wildman–Crippen LogP) is 4.64. The lowest BCUT2D eigenvalue weighted by Crippen LogP contribution is -2.29. The number of anilines is 1. The van der Waals surface area contributed by atoms with E-state index in [1.54, 1.807) is 48.1 Å². The van der Waals surface area contributed by atoms with Gasteiger partial charge in [0, 0.05) is 12.1 Å². The van der Waals surface area contributed by atoms with Gasteiger partial charge in [0.1, 0.15) is 0 Å². The minimum absolute atomic E-state index is 0.0489. The summed E-state index contributed by atoms with van der Waals surface area (Å²) < 4.78 is 6.77. The van der Waals surface area contributed by atoms with Gasteiger partial charge in [0.15, 0.2) is 5.16 Å². The van der Waals surface area contributed by atoms with E-state index in [0.717, 1.165) is 0 Å². The molecule has 0 unspecified atom stereocenters. The smallest absolute Gasteiger partial charge is 0.262 e. The minimum Gasteiger partial charge on any atom is -0.383 e. The molecule has 0 spiro atoms. The van der Waals surface area contributed by atoms with Crippen LogP contribution < -0.4 is 10.9 Å². The van der Waals surface area contributed by atoms with Crippen molar-refractivity contribution in [1.29, 1.82) is 0 Å². The highest BCUT2D eigenvalue weighted by Crippen LogP contribution is 2.26. The SMILES string of the molecule is COC[C@H](C)n1c(SCC(=O)Nc2cc(Cl)ccc2Cl)nc2ccccc2c1=O. The molecule has 0 aliphatic heterocycles. The number of carbonyl (C=O) groups excluding carboxylic acids is 1. The van der Waals surface area contributed by atoms with Crippen LogP contribution >= 0.6 is 35.0 Å². The molecule has 29 heavy (non-hydrogen) atoms. The van der Waals surface area contributed by atoms with E-state index in [0.29, 0.717) is 38.4 Å². The molecule has 3 aromatic rings. The molecule has 0 fully saturated rings. The van der Waals surface area contributed by atoms with E-state index in [9.17, 15) is 9.59 Å². The van der Waals surface area contributed by atoms with E-state index in [4.69, 9.17) is 27.9 Å². The fourth-order valence-corrected chi connectivity index (χ4v) is 4.08. The number of benzene rings is 2. The van der Waals surface area contributed by atoms with Crippen molar-refractivity contribution in [2.75, 3.05) is 24.8 Å². The summed E-state index contributed by atoms with van der Waals surface area (Å²) in [6, 6.07) is 11.7. The van der Waals surface area contributed by atoms with Crippen molar-refractivity contribution in [3.63, 3.8) is 0 Å². The lowest BCUT2D eigenvalue weighted by atomic mass is 10.2.